The van der Waals surface area contributed by atoms with Gasteiger partial charge in [-0.2, -0.15) is 0 Å². The van der Waals surface area contributed by atoms with Gasteiger partial charge in [-0.05, 0) is 0 Å². The number of fused-ring (bicyclic) bond motifs is 4. The van der Waals surface area contributed by atoms with E-state index in [0.29, 0.717) is 34.8 Å². The third kappa shape index (κ3) is 3.47. The van der Waals surface area contributed by atoms with Crippen LogP contribution in [-0.4, -0.2) is 27.0 Å². The summed E-state index contributed by atoms with van der Waals surface area (Å²) in [5.41, 5.74) is 3.84. The number of benzene rings is 1. The summed E-state index contributed by atoms with van der Waals surface area (Å²) in [6.07, 6.45) is 4.04. The first-order valence-corrected chi connectivity index (χ1v) is 13.2. The molecule has 2 aliphatic heterocycles. The normalized spacial score (nSPS) is 17.9. The van der Waals surface area contributed by atoms with Gasteiger partial charge in [-0.15, -0.1) is 0 Å². The molecule has 3 bridgehead atoms. The number of nitrogens with zero attached hydrogens (tertiary/aromatic N) is 1. The van der Waals surface area contributed by atoms with Crippen molar-refractivity contribution < 1.29 is 60.4 Å². The van der Waals surface area contributed by atoms with Crippen molar-refractivity contribution in [1.29, 1.82) is 0 Å². The van der Waals surface area contributed by atoms with E-state index in [0.717, 1.165) is 11.3 Å². The summed E-state index contributed by atoms with van der Waals surface area (Å²) >= 11 is -1.20. The molecule has 1 aromatic carbocycles. The van der Waals surface area contributed by atoms with Crippen LogP contribution in [0.3, 0.4) is 0 Å². The number of pyridine rings is 1. The molecular weight excluding hydrogens is 619 g/mol. The molecule has 0 fully saturated rings. The molecule has 0 saturated carbocycles. The van der Waals surface area contributed by atoms with Crippen molar-refractivity contribution in [3.05, 3.63) is 53.7 Å². The van der Waals surface area contributed by atoms with Crippen LogP contribution in [0.5, 0.6) is 11.5 Å². The quantitative estimate of drug-likeness (QED) is 0.103. The van der Waals surface area contributed by atoms with Gasteiger partial charge in [0.05, 0.1) is 0 Å². The van der Waals surface area contributed by atoms with Crippen molar-refractivity contribution >= 4 is 17.3 Å². The van der Waals surface area contributed by atoms with Crippen LogP contribution < -0.4 is 63.6 Å². The predicted octanol–water partition coefficient (Wildman–Crippen LogP) is -3.51. The first-order chi connectivity index (χ1) is 14.7. The fraction of sp³-hybridized carbons (Fsp3) is 0.158. The molecule has 0 radical (unpaired) electrons. The number of alkyl halides is 1. The molecule has 2 aromatic heterocycles. The van der Waals surface area contributed by atoms with Gasteiger partial charge in [0.25, 0.3) is 0 Å². The molecule has 0 unspecified atom stereocenters. The van der Waals surface area contributed by atoms with Gasteiger partial charge in [0.2, 0.25) is 0 Å². The molecule has 1 atom stereocenters. The van der Waals surface area contributed by atoms with Crippen LogP contribution >= 0.6 is 0 Å². The van der Waals surface area contributed by atoms with Crippen molar-refractivity contribution in [1.82, 2.24) is 17.0 Å². The summed E-state index contributed by atoms with van der Waals surface area (Å²) in [4.78, 5) is 20.6. The van der Waals surface area contributed by atoms with Crippen LogP contribution in [0.1, 0.15) is 16.1 Å². The SMILES string of the molecule is COc1c(F)cccc1Nc1c2[nH]c3c1C(=O)N[C@H](C3)[I-]N[I-]Oc1cnccc1-2. The molecule has 4 heterocycles. The van der Waals surface area contributed by atoms with Gasteiger partial charge < -0.3 is 0 Å². The van der Waals surface area contributed by atoms with Crippen molar-refractivity contribution in [3.8, 4) is 22.8 Å². The number of methoxy groups -OCH3 is 1. The Morgan fingerprint density at radius 2 is 2.27 bits per heavy atom. The molecule has 158 valence electrons. The molecule has 0 spiro atoms. The molecule has 11 heteroatoms. The summed E-state index contributed by atoms with van der Waals surface area (Å²) < 4.78 is 29.0. The van der Waals surface area contributed by atoms with E-state index in [1.165, 1.54) is 13.2 Å². The van der Waals surface area contributed by atoms with Crippen LogP contribution in [0.2, 0.25) is 0 Å². The third-order valence-corrected chi connectivity index (χ3v) is 10.1. The van der Waals surface area contributed by atoms with E-state index in [-0.39, 0.29) is 15.7 Å². The number of rotatable bonds is 3. The van der Waals surface area contributed by atoms with Crippen LogP contribution in [0, 0.1) is 5.82 Å². The Bertz CT molecular complexity index is 1140. The number of aromatic nitrogens is 2. The zero-order valence-electron chi connectivity index (χ0n) is 15.6. The molecule has 3 aromatic rings. The van der Waals surface area contributed by atoms with Crippen molar-refractivity contribution in [3.63, 3.8) is 0 Å². The van der Waals surface area contributed by atoms with Gasteiger partial charge in [0, 0.05) is 0 Å². The second-order valence-corrected chi connectivity index (χ2v) is 12.7. The van der Waals surface area contributed by atoms with E-state index < -0.39 is 49.2 Å². The minimum absolute atomic E-state index is 0.0643. The van der Waals surface area contributed by atoms with Gasteiger partial charge in [-0.3, -0.25) is 0 Å². The van der Waals surface area contributed by atoms with Gasteiger partial charge in [0.1, 0.15) is 0 Å². The second kappa shape index (κ2) is 8.19. The Kier molecular flexibility index (Phi) is 5.41. The number of para-hydroxylation sites is 1. The van der Waals surface area contributed by atoms with E-state index in [2.05, 4.69) is 22.3 Å². The van der Waals surface area contributed by atoms with E-state index >= 15 is 0 Å². The summed E-state index contributed by atoms with van der Waals surface area (Å²) in [5, 5.41) is 6.33. The molecule has 2 aliphatic rings. The molecule has 4 N–H and O–H groups in total. The van der Waals surface area contributed by atoms with Crippen LogP contribution in [-0.2, 0) is 6.42 Å². The van der Waals surface area contributed by atoms with Gasteiger partial charge >= 0.3 is 194 Å². The Balaban J connectivity index is 1.72. The maximum atomic E-state index is 14.3. The Morgan fingerprint density at radius 1 is 1.37 bits per heavy atom. The third-order valence-electron chi connectivity index (χ3n) is 4.78. The number of hydrogen-bond donors (Lipinski definition) is 4. The number of halogens is 3. The zero-order chi connectivity index (χ0) is 20.7. The van der Waals surface area contributed by atoms with Crippen molar-refractivity contribution in [2.24, 2.45) is 0 Å². The monoisotopic (exact) mass is 635 g/mol. The number of ether oxygens (including phenoxy) is 1. The topological polar surface area (TPSA) is 100 Å². The summed E-state index contributed by atoms with van der Waals surface area (Å²) in [5.74, 6) is 0.0786. The van der Waals surface area contributed by atoms with Gasteiger partial charge in [0.15, 0.2) is 0 Å². The second-order valence-electron chi connectivity index (χ2n) is 6.53. The average molecular weight is 635 g/mol. The first kappa shape index (κ1) is 19.8. The number of anilines is 2. The Morgan fingerprint density at radius 3 is 3.13 bits per heavy atom. The van der Waals surface area contributed by atoms with Gasteiger partial charge in [-0.25, -0.2) is 0 Å². The van der Waals surface area contributed by atoms with Crippen molar-refractivity contribution in [2.45, 2.75) is 10.5 Å². The summed E-state index contributed by atoms with van der Waals surface area (Å²) in [6, 6.07) is 6.47. The molecule has 0 aliphatic carbocycles. The maximum absolute atomic E-state index is 14.3. The van der Waals surface area contributed by atoms with Crippen molar-refractivity contribution in [2.75, 3.05) is 12.4 Å². The average Bonchev–Trinajstić information content (AvgIpc) is 3.08. The molecule has 30 heavy (non-hydrogen) atoms. The number of amides is 1. The van der Waals surface area contributed by atoms with E-state index in [4.69, 9.17) is 7.80 Å². The molecule has 5 rings (SSSR count). The van der Waals surface area contributed by atoms with Gasteiger partial charge in [-0.1, -0.05) is 0 Å². The summed E-state index contributed by atoms with van der Waals surface area (Å²) in [7, 11) is 1.41. The summed E-state index contributed by atoms with van der Waals surface area (Å²) in [6.45, 7) is 0. The standard InChI is InChI=1S/C19H16FI2N5O3/c1-29-18-10(20)3-2-4-11(18)24-17-15-12-7-14(26-19(15)28)21-27-22-30-13-8-23-6-5-9(13)16(17)25-12/h2-6,8,14,24-25,27H,7H2,1H3,(H,26,28)/q-2/t14-/m1/s1. The Labute approximate surface area is 193 Å². The Hall–Kier alpha value is -2.13. The first-order valence-electron chi connectivity index (χ1n) is 8.93. The fourth-order valence-electron chi connectivity index (χ4n) is 3.51. The predicted molar refractivity (Wildman–Crippen MR) is 99.0 cm³/mol. The molecular formula is C19H16FI2N5O3-2. The minimum atomic E-state index is -0.727. The van der Waals surface area contributed by atoms with Crippen LogP contribution in [0.4, 0.5) is 15.8 Å². The number of nitrogens with one attached hydrogen (secondary N) is 4. The van der Waals surface area contributed by atoms with E-state index in [1.807, 2.05) is 6.07 Å². The van der Waals surface area contributed by atoms with E-state index in [1.54, 1.807) is 24.5 Å². The van der Waals surface area contributed by atoms with Crippen LogP contribution in [0.15, 0.2) is 36.7 Å². The van der Waals surface area contributed by atoms with E-state index in [9.17, 15) is 9.18 Å². The molecule has 1 amide bonds. The molecule has 8 nitrogen and oxygen atoms in total. The van der Waals surface area contributed by atoms with Crippen LogP contribution in [0.25, 0.3) is 11.3 Å². The number of carbonyl (C=O) groups excluding carboxylic acids is 1. The fourth-order valence-corrected chi connectivity index (χ4v) is 8.77. The number of hydrogen-bond acceptors (Lipinski definition) is 6. The zero-order valence-corrected chi connectivity index (χ0v) is 19.9. The number of H-pyrrole nitrogens is 1. The molecule has 0 saturated heterocycles. The number of aromatic amines is 1. The number of carbonyl (C=O) groups is 1.